The molecule has 3 rings (SSSR count). The van der Waals surface area contributed by atoms with Crippen molar-refractivity contribution in [3.8, 4) is 0 Å². The molecule has 1 saturated heterocycles. The van der Waals surface area contributed by atoms with Gasteiger partial charge in [-0.05, 0) is 36.5 Å². The fourth-order valence-electron chi connectivity index (χ4n) is 3.04. The zero-order valence-electron chi connectivity index (χ0n) is 13.1. The van der Waals surface area contributed by atoms with E-state index >= 15 is 0 Å². The van der Waals surface area contributed by atoms with Crippen LogP contribution in [0, 0.1) is 0 Å². The average Bonchev–Trinajstić information content (AvgIpc) is 3.09. The highest BCUT2D eigenvalue weighted by Gasteiger charge is 2.21. The van der Waals surface area contributed by atoms with Gasteiger partial charge in [0.2, 0.25) is 5.91 Å². The molecule has 1 aliphatic rings. The van der Waals surface area contributed by atoms with Crippen LogP contribution in [0.3, 0.4) is 0 Å². The second-order valence-corrected chi connectivity index (χ2v) is 5.89. The van der Waals surface area contributed by atoms with Gasteiger partial charge in [0.25, 0.3) is 0 Å². The third-order valence-corrected chi connectivity index (χ3v) is 4.57. The van der Waals surface area contributed by atoms with Crippen molar-refractivity contribution in [3.05, 3.63) is 42.2 Å². The number of hydrogen-bond donors (Lipinski definition) is 1. The summed E-state index contributed by atoms with van der Waals surface area (Å²) in [6, 6.07) is 8.40. The Bertz CT molecular complexity index is 613. The number of benzene rings is 1. The molecule has 2 heterocycles. The molecule has 1 aliphatic heterocycles. The molecule has 0 spiro atoms. The van der Waals surface area contributed by atoms with Gasteiger partial charge in [-0.1, -0.05) is 12.1 Å². The van der Waals surface area contributed by atoms with E-state index in [0.717, 1.165) is 31.6 Å². The molecule has 2 aromatic rings. The topological polar surface area (TPSA) is 52.2 Å². The second-order valence-electron chi connectivity index (χ2n) is 5.89. The molecular formula is C17H22N4O. The summed E-state index contributed by atoms with van der Waals surface area (Å²) in [5.41, 5.74) is 3.50. The summed E-state index contributed by atoms with van der Waals surface area (Å²) in [5, 5.41) is 6.89. The van der Waals surface area contributed by atoms with Crippen LogP contribution in [0.2, 0.25) is 0 Å². The SMILES string of the molecule is CC(=O)N(C)c1ccc(C2CCN(c3cn[nH]c3)CC2)cc1. The number of rotatable bonds is 3. The largest absolute Gasteiger partial charge is 0.369 e. The first-order valence-electron chi connectivity index (χ1n) is 7.73. The van der Waals surface area contributed by atoms with Crippen LogP contribution in [-0.4, -0.2) is 36.2 Å². The summed E-state index contributed by atoms with van der Waals surface area (Å²) >= 11 is 0. The first-order chi connectivity index (χ1) is 10.6. The van der Waals surface area contributed by atoms with E-state index in [1.165, 1.54) is 11.3 Å². The van der Waals surface area contributed by atoms with Gasteiger partial charge in [-0.25, -0.2) is 0 Å². The quantitative estimate of drug-likeness (QED) is 0.948. The molecular weight excluding hydrogens is 276 g/mol. The molecule has 116 valence electrons. The summed E-state index contributed by atoms with van der Waals surface area (Å²) in [7, 11) is 1.81. The van der Waals surface area contributed by atoms with E-state index < -0.39 is 0 Å². The van der Waals surface area contributed by atoms with E-state index in [1.54, 1.807) is 18.9 Å². The van der Waals surface area contributed by atoms with Crippen LogP contribution in [0.5, 0.6) is 0 Å². The molecule has 0 unspecified atom stereocenters. The number of amides is 1. The monoisotopic (exact) mass is 298 g/mol. The molecule has 1 aromatic carbocycles. The van der Waals surface area contributed by atoms with Crippen LogP contribution in [0.15, 0.2) is 36.7 Å². The lowest BCUT2D eigenvalue weighted by molar-refractivity contribution is -0.116. The van der Waals surface area contributed by atoms with Gasteiger partial charge in [0.05, 0.1) is 11.9 Å². The molecule has 0 aliphatic carbocycles. The van der Waals surface area contributed by atoms with Crippen LogP contribution in [0.4, 0.5) is 11.4 Å². The highest BCUT2D eigenvalue weighted by Crippen LogP contribution is 2.31. The smallest absolute Gasteiger partial charge is 0.223 e. The fraction of sp³-hybridized carbons (Fsp3) is 0.412. The van der Waals surface area contributed by atoms with E-state index in [9.17, 15) is 4.79 Å². The summed E-state index contributed by atoms with van der Waals surface area (Å²) < 4.78 is 0. The van der Waals surface area contributed by atoms with E-state index in [0.29, 0.717) is 5.92 Å². The Balaban J connectivity index is 1.63. The van der Waals surface area contributed by atoms with Crippen molar-refractivity contribution < 1.29 is 4.79 Å². The zero-order chi connectivity index (χ0) is 15.5. The number of nitrogens with one attached hydrogen (secondary N) is 1. The number of H-pyrrole nitrogens is 1. The van der Waals surface area contributed by atoms with Gasteiger partial charge in [0.15, 0.2) is 0 Å². The molecule has 0 atom stereocenters. The van der Waals surface area contributed by atoms with Crippen molar-refractivity contribution in [2.45, 2.75) is 25.7 Å². The predicted octanol–water partition coefficient (Wildman–Crippen LogP) is 2.78. The third kappa shape index (κ3) is 2.98. The second kappa shape index (κ2) is 6.22. The number of hydrogen-bond acceptors (Lipinski definition) is 3. The fourth-order valence-corrected chi connectivity index (χ4v) is 3.04. The minimum absolute atomic E-state index is 0.0566. The van der Waals surface area contributed by atoms with E-state index in [2.05, 4.69) is 27.2 Å². The number of carbonyl (C=O) groups is 1. The Kier molecular flexibility index (Phi) is 4.13. The summed E-state index contributed by atoms with van der Waals surface area (Å²) in [5.74, 6) is 0.654. The minimum atomic E-state index is 0.0566. The minimum Gasteiger partial charge on any atom is -0.369 e. The third-order valence-electron chi connectivity index (χ3n) is 4.57. The Hall–Kier alpha value is -2.30. The van der Waals surface area contributed by atoms with E-state index in [-0.39, 0.29) is 5.91 Å². The van der Waals surface area contributed by atoms with E-state index in [1.807, 2.05) is 24.5 Å². The van der Waals surface area contributed by atoms with Gasteiger partial charge in [0.1, 0.15) is 0 Å². The lowest BCUT2D eigenvalue weighted by Crippen LogP contribution is -2.32. The summed E-state index contributed by atoms with van der Waals surface area (Å²) in [6.07, 6.45) is 6.12. The van der Waals surface area contributed by atoms with E-state index in [4.69, 9.17) is 0 Å². The van der Waals surface area contributed by atoms with Gasteiger partial charge >= 0.3 is 0 Å². The number of nitrogens with zero attached hydrogens (tertiary/aromatic N) is 3. The highest BCUT2D eigenvalue weighted by molar-refractivity contribution is 5.90. The van der Waals surface area contributed by atoms with Crippen LogP contribution in [0.25, 0.3) is 0 Å². The molecule has 1 aromatic heterocycles. The first-order valence-corrected chi connectivity index (χ1v) is 7.73. The van der Waals surface area contributed by atoms with Gasteiger partial charge in [0, 0.05) is 38.9 Å². The molecule has 1 amide bonds. The summed E-state index contributed by atoms with van der Waals surface area (Å²) in [6.45, 7) is 3.69. The number of piperidine rings is 1. The van der Waals surface area contributed by atoms with Gasteiger partial charge in [-0.15, -0.1) is 0 Å². The Morgan fingerprint density at radius 3 is 2.50 bits per heavy atom. The molecule has 5 nitrogen and oxygen atoms in total. The molecule has 0 radical (unpaired) electrons. The predicted molar refractivity (Wildman–Crippen MR) is 88.3 cm³/mol. The van der Waals surface area contributed by atoms with Gasteiger partial charge < -0.3 is 9.80 Å². The number of aromatic nitrogens is 2. The molecule has 22 heavy (non-hydrogen) atoms. The van der Waals surface area contributed by atoms with Crippen LogP contribution in [-0.2, 0) is 4.79 Å². The number of carbonyl (C=O) groups excluding carboxylic acids is 1. The molecule has 1 fully saturated rings. The summed E-state index contributed by atoms with van der Waals surface area (Å²) in [4.78, 5) is 15.4. The first kappa shape index (κ1) is 14.6. The van der Waals surface area contributed by atoms with Crippen LogP contribution >= 0.6 is 0 Å². The van der Waals surface area contributed by atoms with Crippen molar-refractivity contribution in [2.75, 3.05) is 29.9 Å². The number of aromatic amines is 1. The number of anilines is 2. The Morgan fingerprint density at radius 1 is 1.27 bits per heavy atom. The molecule has 5 heteroatoms. The lowest BCUT2D eigenvalue weighted by Gasteiger charge is -2.33. The maximum Gasteiger partial charge on any atom is 0.223 e. The molecule has 0 bridgehead atoms. The van der Waals surface area contributed by atoms with Crippen molar-refractivity contribution in [1.82, 2.24) is 10.2 Å². The normalized spacial score (nSPS) is 15.8. The highest BCUT2D eigenvalue weighted by atomic mass is 16.2. The maximum absolute atomic E-state index is 11.4. The van der Waals surface area contributed by atoms with Crippen LogP contribution < -0.4 is 9.80 Å². The van der Waals surface area contributed by atoms with Crippen LogP contribution in [0.1, 0.15) is 31.2 Å². The van der Waals surface area contributed by atoms with Crippen molar-refractivity contribution in [3.63, 3.8) is 0 Å². The zero-order valence-corrected chi connectivity index (χ0v) is 13.1. The van der Waals surface area contributed by atoms with Crippen molar-refractivity contribution >= 4 is 17.3 Å². The Morgan fingerprint density at radius 2 is 1.95 bits per heavy atom. The van der Waals surface area contributed by atoms with Crippen molar-refractivity contribution in [2.24, 2.45) is 0 Å². The van der Waals surface area contributed by atoms with Gasteiger partial charge in [-0.3, -0.25) is 9.89 Å². The maximum atomic E-state index is 11.4. The van der Waals surface area contributed by atoms with Crippen molar-refractivity contribution in [1.29, 1.82) is 0 Å². The average molecular weight is 298 g/mol. The Labute approximate surface area is 130 Å². The molecule has 1 N–H and O–H groups in total. The lowest BCUT2D eigenvalue weighted by atomic mass is 9.89. The molecule has 0 saturated carbocycles. The van der Waals surface area contributed by atoms with Gasteiger partial charge in [-0.2, -0.15) is 5.10 Å². The standard InChI is InChI=1S/C17H22N4O/c1-13(22)20(2)16-5-3-14(4-6-16)15-7-9-21(10-8-15)17-11-18-19-12-17/h3-6,11-12,15H,7-10H2,1-2H3,(H,18,19).